The molecule has 69 heavy (non-hydrogen) atoms. The number of fused-ring (bicyclic) bond motifs is 6. The lowest BCUT2D eigenvalue weighted by atomic mass is 9.44. The molecule has 4 saturated carbocycles. The number of aromatic hydroxyl groups is 1. The first kappa shape index (κ1) is 48.0. The van der Waals surface area contributed by atoms with Gasteiger partial charge in [-0.1, -0.05) is 73.2 Å². The minimum absolute atomic E-state index is 0.0435. The van der Waals surface area contributed by atoms with E-state index in [0.29, 0.717) is 85.4 Å². The molecule has 0 aromatic heterocycles. The zero-order valence-corrected chi connectivity index (χ0v) is 40.6. The first-order valence-corrected chi connectivity index (χ1v) is 26.2. The van der Waals surface area contributed by atoms with Crippen LogP contribution in [-0.2, 0) is 16.0 Å². The van der Waals surface area contributed by atoms with Gasteiger partial charge in [-0.2, -0.15) is 0 Å². The van der Waals surface area contributed by atoms with Gasteiger partial charge < -0.3 is 46.8 Å². The summed E-state index contributed by atoms with van der Waals surface area (Å²) < 4.78 is 5.55. The Labute approximate surface area is 408 Å². The molecule has 9 N–H and O–H groups in total. The third-order valence-electron chi connectivity index (χ3n) is 18.7. The summed E-state index contributed by atoms with van der Waals surface area (Å²) in [5.41, 5.74) is 8.57. The van der Waals surface area contributed by atoms with Crippen LogP contribution in [0.2, 0.25) is 0 Å². The lowest BCUT2D eigenvalue weighted by Crippen LogP contribution is -2.64. The zero-order chi connectivity index (χ0) is 48.0. The number of allylic oxidation sites excluding steroid dienone is 2. The van der Waals surface area contributed by atoms with E-state index >= 15 is 0 Å². The first-order chi connectivity index (χ1) is 33.4. The van der Waals surface area contributed by atoms with Gasteiger partial charge in [-0.25, -0.2) is 0 Å². The summed E-state index contributed by atoms with van der Waals surface area (Å²) in [6.45, 7) is 2.43. The number of dihydropyridines is 1. The van der Waals surface area contributed by atoms with Crippen LogP contribution in [0, 0.1) is 58.2 Å². The van der Waals surface area contributed by atoms with Crippen LogP contribution in [0.5, 0.6) is 11.5 Å². The molecule has 2 heterocycles. The highest BCUT2D eigenvalue weighted by atomic mass is 16.5. The highest BCUT2D eigenvalue weighted by Gasteiger charge is 2.62. The lowest BCUT2D eigenvalue weighted by molar-refractivity contribution is -0.148. The van der Waals surface area contributed by atoms with Crippen molar-refractivity contribution >= 4 is 22.3 Å². The second-order valence-electron chi connectivity index (χ2n) is 22.2. The Morgan fingerprint density at radius 1 is 0.957 bits per heavy atom. The fourth-order valence-corrected chi connectivity index (χ4v) is 15.6. The molecule has 13 atom stereocenters. The molecule has 5 fully saturated rings. The van der Waals surface area contributed by atoms with E-state index < -0.39 is 29.6 Å². The van der Waals surface area contributed by atoms with E-state index in [1.54, 1.807) is 12.1 Å². The Kier molecular flexibility index (Phi) is 13.8. The number of benzene rings is 3. The van der Waals surface area contributed by atoms with E-state index in [-0.39, 0.29) is 59.8 Å². The van der Waals surface area contributed by atoms with Crippen molar-refractivity contribution in [2.45, 2.75) is 133 Å². The maximum atomic E-state index is 14.8. The van der Waals surface area contributed by atoms with Crippen molar-refractivity contribution in [3.8, 4) is 23.3 Å². The Bertz CT molecular complexity index is 2540. The van der Waals surface area contributed by atoms with Crippen molar-refractivity contribution in [3.05, 3.63) is 94.8 Å². The minimum Gasteiger partial charge on any atom is -0.504 e. The summed E-state index contributed by atoms with van der Waals surface area (Å²) in [7, 11) is 3.56. The average molecular weight is 939 g/mol. The summed E-state index contributed by atoms with van der Waals surface area (Å²) >= 11 is 0. The highest BCUT2D eigenvalue weighted by molar-refractivity contribution is 5.89. The van der Waals surface area contributed by atoms with Gasteiger partial charge in [-0.05, 0) is 177 Å². The number of phenols is 1. The molecule has 0 amide bonds. The molecule has 3 aromatic rings. The molecular formula is C58H74N4O7. The maximum Gasteiger partial charge on any atom is 0.160 e. The largest absolute Gasteiger partial charge is 0.504 e. The Morgan fingerprint density at radius 2 is 1.77 bits per heavy atom. The normalized spacial score (nSPS) is 33.2. The number of aryl methyl sites for hydroxylation is 1. The quantitative estimate of drug-likeness (QED) is 0.0935. The summed E-state index contributed by atoms with van der Waals surface area (Å²) in [5, 5.41) is 60.9. The van der Waals surface area contributed by atoms with Gasteiger partial charge >= 0.3 is 0 Å². The number of aliphatic hydroxyl groups is 3. The van der Waals surface area contributed by atoms with E-state index in [2.05, 4.69) is 71.2 Å². The summed E-state index contributed by atoms with van der Waals surface area (Å²) in [5.74, 6) is 9.80. The molecule has 3 aromatic carbocycles. The van der Waals surface area contributed by atoms with Gasteiger partial charge in [0.15, 0.2) is 17.3 Å². The van der Waals surface area contributed by atoms with Crippen LogP contribution >= 0.6 is 0 Å². The summed E-state index contributed by atoms with van der Waals surface area (Å²) in [6, 6.07) is 18.2. The van der Waals surface area contributed by atoms with Gasteiger partial charge in [0, 0.05) is 43.7 Å². The molecule has 2 spiro atoms. The number of carbonyl (C=O) groups excluding carboxylic acids is 2. The number of nitrogens with one attached hydrogen (secondary N) is 3. The van der Waals surface area contributed by atoms with Gasteiger partial charge in [0.2, 0.25) is 0 Å². The molecule has 368 valence electrons. The number of nitrogens with two attached hydrogens (primary N) is 1. The van der Waals surface area contributed by atoms with E-state index in [4.69, 9.17) is 10.5 Å². The number of aliphatic hydroxyl groups excluding tert-OH is 3. The Hall–Kier alpha value is -4.70. The Morgan fingerprint density at radius 3 is 2.54 bits per heavy atom. The zero-order valence-electron chi connectivity index (χ0n) is 40.6. The Balaban J connectivity index is 0.941. The van der Waals surface area contributed by atoms with E-state index in [1.165, 1.54) is 32.8 Å². The molecule has 7 aliphatic rings. The molecule has 10 rings (SSSR count). The number of rotatable bonds is 11. The highest BCUT2D eigenvalue weighted by Crippen LogP contribution is 2.66. The molecule has 13 unspecified atom stereocenters. The van der Waals surface area contributed by atoms with Crippen molar-refractivity contribution < 1.29 is 34.8 Å². The van der Waals surface area contributed by atoms with Crippen molar-refractivity contribution in [1.29, 1.82) is 0 Å². The second-order valence-corrected chi connectivity index (χ2v) is 22.2. The van der Waals surface area contributed by atoms with Crippen LogP contribution in [-0.4, -0.2) is 90.1 Å². The number of phenolic OH excluding ortho intramolecular Hbond substituents is 1. The fourth-order valence-electron chi connectivity index (χ4n) is 15.6. The predicted molar refractivity (Wildman–Crippen MR) is 268 cm³/mol. The van der Waals surface area contributed by atoms with E-state index in [0.717, 1.165) is 59.8 Å². The second kappa shape index (κ2) is 19.8. The average Bonchev–Trinajstić information content (AvgIpc) is 3.84. The van der Waals surface area contributed by atoms with Crippen LogP contribution in [0.25, 0.3) is 10.8 Å². The first-order valence-electron chi connectivity index (χ1n) is 26.2. The predicted octanol–water partition coefficient (Wildman–Crippen LogP) is 6.91. The lowest BCUT2D eigenvalue weighted by Gasteiger charge is -2.63. The monoisotopic (exact) mass is 939 g/mol. The van der Waals surface area contributed by atoms with Gasteiger partial charge in [0.1, 0.15) is 11.2 Å². The standard InChI is InChI=1S/C58H74N4O7/c1-60-32-41-24-46-43-13-12-42(63)29-48(43)62-33-47(46)57(18-5-6-19-57)56(41)40-16-21-58(54(68)27-40)20-15-38(45-31-51(66)52(69-2)26-37(45)11-14-53(58)67)25-49(64)50(65)30-44(39-17-22-61-55(59)28-39)36-10-9-34-7-3-4-8-35(34)23-36/h3-4,7-10,17,23,26,28,31,38,40-41,43-44,46-50,54,56,60-62,64-66,68H,5-6,11-14,16,18-19,21-22,24-25,27,29-30,32-33,59H2,1-2H3. The van der Waals surface area contributed by atoms with Crippen molar-refractivity contribution in [2.24, 2.45) is 52.1 Å². The van der Waals surface area contributed by atoms with E-state index in [1.807, 2.05) is 18.2 Å². The SMILES string of the molecule is CNCC1CC2C3CCC(=O)CC3NCC2C2(CCCC2)C1C1CCC2(C#CC(CC(O)C(O)CC(C3=CCNC(N)=C3)c3ccc4ccccc4c3)c3cc(O)c(OC)cc3CCC2=O)C(O)C1. The number of piperidine rings is 1. The molecule has 11 heteroatoms. The van der Waals surface area contributed by atoms with Crippen molar-refractivity contribution in [1.82, 2.24) is 16.0 Å². The summed E-state index contributed by atoms with van der Waals surface area (Å²) in [4.78, 5) is 27.4. The van der Waals surface area contributed by atoms with Crippen LogP contribution in [0.3, 0.4) is 0 Å². The number of ketones is 2. The number of Topliss-reactive ketones (excluding diaryl/α,β-unsaturated/α-hetero) is 2. The smallest absolute Gasteiger partial charge is 0.160 e. The van der Waals surface area contributed by atoms with E-state index in [9.17, 15) is 30.0 Å². The molecule has 11 nitrogen and oxygen atoms in total. The van der Waals surface area contributed by atoms with Gasteiger partial charge in [0.05, 0.1) is 31.2 Å². The topological polar surface area (TPSA) is 186 Å². The third kappa shape index (κ3) is 9.03. The van der Waals surface area contributed by atoms with Crippen LogP contribution in [0.1, 0.15) is 118 Å². The maximum absolute atomic E-state index is 14.8. The number of ether oxygens (including phenoxy) is 1. The van der Waals surface area contributed by atoms with Crippen LogP contribution in [0.4, 0.5) is 0 Å². The fraction of sp³-hybridized carbons (Fsp3) is 0.586. The van der Waals surface area contributed by atoms with Gasteiger partial charge in [0.25, 0.3) is 0 Å². The minimum atomic E-state index is -1.28. The number of methoxy groups -OCH3 is 1. The molecule has 0 radical (unpaired) electrons. The molecule has 1 saturated heterocycles. The molecular weight excluding hydrogens is 865 g/mol. The van der Waals surface area contributed by atoms with Crippen molar-refractivity contribution in [3.63, 3.8) is 0 Å². The number of hydrogen-bond donors (Lipinski definition) is 8. The summed E-state index contributed by atoms with van der Waals surface area (Å²) in [6.07, 6.45) is 11.5. The van der Waals surface area contributed by atoms with Crippen LogP contribution < -0.4 is 26.4 Å². The molecule has 2 aliphatic heterocycles. The molecule has 5 aliphatic carbocycles. The number of hydrogen-bond acceptors (Lipinski definition) is 11. The van der Waals surface area contributed by atoms with Crippen LogP contribution in [0.15, 0.2) is 78.1 Å². The van der Waals surface area contributed by atoms with Gasteiger partial charge in [-0.3, -0.25) is 9.59 Å². The third-order valence-corrected chi connectivity index (χ3v) is 18.7. The molecule has 0 bridgehead atoms. The number of carbonyl (C=O) groups is 2. The van der Waals surface area contributed by atoms with Crippen molar-refractivity contribution in [2.75, 3.05) is 33.8 Å². The van der Waals surface area contributed by atoms with Gasteiger partial charge in [-0.15, -0.1) is 0 Å².